The van der Waals surface area contributed by atoms with E-state index in [1.807, 2.05) is 4.72 Å². The van der Waals surface area contributed by atoms with Crippen molar-refractivity contribution in [3.8, 4) is 11.1 Å². The van der Waals surface area contributed by atoms with E-state index in [1.165, 1.54) is 7.05 Å². The van der Waals surface area contributed by atoms with Crippen LogP contribution in [0.1, 0.15) is 18.1 Å². The molecule has 0 aliphatic carbocycles. The van der Waals surface area contributed by atoms with Crippen LogP contribution >= 0.6 is 0 Å². The van der Waals surface area contributed by atoms with Crippen molar-refractivity contribution in [3.05, 3.63) is 76.9 Å². The van der Waals surface area contributed by atoms with Gasteiger partial charge in [-0.05, 0) is 48.0 Å². The van der Waals surface area contributed by atoms with E-state index in [2.05, 4.69) is 30.3 Å². The van der Waals surface area contributed by atoms with Gasteiger partial charge in [0.2, 0.25) is 0 Å². The van der Waals surface area contributed by atoms with Gasteiger partial charge in [0.25, 0.3) is 15.9 Å². The number of ether oxygens (including phenoxy) is 2. The molecule has 16 heteroatoms. The number of anilines is 2. The number of carbonyl (C=O) groups is 2. The normalized spacial score (nSPS) is 11.6. The van der Waals surface area contributed by atoms with E-state index >= 15 is 13.2 Å². The van der Waals surface area contributed by atoms with Crippen molar-refractivity contribution in [2.24, 2.45) is 0 Å². The SMILES string of the molecule is CNC(=O)C(=N)c1ccc(-c2c(F)ccc(NS(=O)(=O)c3cc(F)cc(COC(C)=O)c3)c2F)c(F)c1NCOCC[Si](C)(C)C. The molecule has 3 aromatic rings. The Balaban J connectivity index is 2.04. The molecule has 0 unspecified atom stereocenters. The van der Waals surface area contributed by atoms with E-state index in [0.29, 0.717) is 18.7 Å². The lowest BCUT2D eigenvalue weighted by Gasteiger charge is -2.19. The van der Waals surface area contributed by atoms with Crippen LogP contribution in [0.2, 0.25) is 25.7 Å². The largest absolute Gasteiger partial charge is 0.461 e. The minimum Gasteiger partial charge on any atom is -0.461 e. The van der Waals surface area contributed by atoms with Crippen molar-refractivity contribution in [2.75, 3.05) is 30.4 Å². The van der Waals surface area contributed by atoms with Gasteiger partial charge in [-0.25, -0.2) is 26.0 Å². The summed E-state index contributed by atoms with van der Waals surface area (Å²) >= 11 is 0. The second kappa shape index (κ2) is 14.9. The highest BCUT2D eigenvalue weighted by atomic mass is 32.2. The average Bonchev–Trinajstić information content (AvgIpc) is 2.97. The van der Waals surface area contributed by atoms with Crippen LogP contribution in [0.4, 0.5) is 28.9 Å². The molecular formula is C30H34F4N4O6SSi. The molecule has 3 rings (SSSR count). The zero-order valence-electron chi connectivity index (χ0n) is 25.7. The Morgan fingerprint density at radius 2 is 1.67 bits per heavy atom. The first-order chi connectivity index (χ1) is 21.4. The first-order valence-corrected chi connectivity index (χ1v) is 19.0. The third-order valence-corrected chi connectivity index (χ3v) is 9.55. The lowest BCUT2D eigenvalue weighted by Crippen LogP contribution is -2.29. The molecule has 0 bridgehead atoms. The number of benzene rings is 3. The molecule has 0 aliphatic heterocycles. The number of likely N-dealkylation sites (N-methyl/N-ethyl adjacent to an activating group) is 1. The summed E-state index contributed by atoms with van der Waals surface area (Å²) in [6.45, 7) is 7.16. The number of hydrogen-bond acceptors (Lipinski definition) is 8. The Labute approximate surface area is 265 Å². The standard InChI is InChI=1S/C30H34F4N4O6SSi/c1-17(39)44-15-18-12-19(31)14-20(13-18)45(41,42)38-24-9-8-23(32)25(27(24)34)21-6-7-22(28(35)30(40)36-2)29(26(21)33)37-16-43-10-11-46(3,4)5/h6-9,12-14,35,37-38H,10-11,15-16H2,1-5H3,(H,36,40). The molecule has 0 heterocycles. The Bertz CT molecular complexity index is 1770. The van der Waals surface area contributed by atoms with E-state index in [0.717, 1.165) is 43.3 Å². The van der Waals surface area contributed by atoms with Crippen LogP contribution in [0.3, 0.4) is 0 Å². The van der Waals surface area contributed by atoms with E-state index in [1.54, 1.807) is 0 Å². The minimum absolute atomic E-state index is 0.00943. The Kier molecular flexibility index (Phi) is 11.7. The van der Waals surface area contributed by atoms with Crippen LogP contribution < -0.4 is 15.4 Å². The quantitative estimate of drug-likeness (QED) is 0.0432. The minimum atomic E-state index is -4.69. The molecule has 3 aromatic carbocycles. The Morgan fingerprint density at radius 1 is 0.978 bits per heavy atom. The van der Waals surface area contributed by atoms with Crippen LogP contribution in [0.5, 0.6) is 0 Å². The third kappa shape index (κ3) is 9.14. The second-order valence-corrected chi connectivity index (χ2v) is 18.6. The maximum Gasteiger partial charge on any atom is 0.302 e. The summed E-state index contributed by atoms with van der Waals surface area (Å²) in [5, 5.41) is 13.1. The number of esters is 1. The summed E-state index contributed by atoms with van der Waals surface area (Å²) in [5.74, 6) is -6.51. The highest BCUT2D eigenvalue weighted by Crippen LogP contribution is 2.37. The molecule has 46 heavy (non-hydrogen) atoms. The summed E-state index contributed by atoms with van der Waals surface area (Å²) in [6.07, 6.45) is 0. The van der Waals surface area contributed by atoms with Crippen LogP contribution in [-0.4, -0.2) is 54.5 Å². The van der Waals surface area contributed by atoms with Crippen LogP contribution in [0.15, 0.2) is 47.4 Å². The van der Waals surface area contributed by atoms with Crippen molar-refractivity contribution in [1.82, 2.24) is 5.32 Å². The van der Waals surface area contributed by atoms with Gasteiger partial charge >= 0.3 is 5.97 Å². The summed E-state index contributed by atoms with van der Waals surface area (Å²) in [6, 6.07) is 6.93. The average molecular weight is 683 g/mol. The second-order valence-electron chi connectivity index (χ2n) is 11.3. The Morgan fingerprint density at radius 3 is 2.30 bits per heavy atom. The molecule has 0 atom stereocenters. The summed E-state index contributed by atoms with van der Waals surface area (Å²) in [4.78, 5) is 22.6. The van der Waals surface area contributed by atoms with Gasteiger partial charge in [-0.15, -0.1) is 0 Å². The number of rotatable bonds is 14. The molecule has 1 amide bonds. The highest BCUT2D eigenvalue weighted by Gasteiger charge is 2.27. The van der Waals surface area contributed by atoms with Crippen molar-refractivity contribution in [2.45, 2.75) is 44.1 Å². The molecule has 0 saturated carbocycles. The van der Waals surface area contributed by atoms with Crippen LogP contribution in [-0.2, 0) is 35.7 Å². The fourth-order valence-electron chi connectivity index (χ4n) is 4.10. The van der Waals surface area contributed by atoms with Crippen LogP contribution in [0.25, 0.3) is 11.1 Å². The van der Waals surface area contributed by atoms with E-state index in [9.17, 15) is 22.4 Å². The molecular weight excluding hydrogens is 648 g/mol. The van der Waals surface area contributed by atoms with Gasteiger partial charge in [0, 0.05) is 39.8 Å². The summed E-state index contributed by atoms with van der Waals surface area (Å²) in [7, 11) is -4.87. The molecule has 0 spiro atoms. The Hall–Kier alpha value is -4.28. The van der Waals surface area contributed by atoms with Gasteiger partial charge in [0.15, 0.2) is 11.6 Å². The van der Waals surface area contributed by atoms with Crippen LogP contribution in [0, 0.1) is 28.7 Å². The fraction of sp³-hybridized carbons (Fsp3) is 0.300. The van der Waals surface area contributed by atoms with Gasteiger partial charge in [-0.2, -0.15) is 0 Å². The van der Waals surface area contributed by atoms with Gasteiger partial charge in [0.1, 0.15) is 30.7 Å². The van der Waals surface area contributed by atoms with Gasteiger partial charge in [-0.1, -0.05) is 25.7 Å². The topological polar surface area (TPSA) is 147 Å². The number of amides is 1. The third-order valence-electron chi connectivity index (χ3n) is 6.50. The van der Waals surface area contributed by atoms with Crippen molar-refractivity contribution in [3.63, 3.8) is 0 Å². The number of halogens is 4. The molecule has 0 radical (unpaired) electrons. The lowest BCUT2D eigenvalue weighted by molar-refractivity contribution is -0.142. The smallest absolute Gasteiger partial charge is 0.302 e. The molecule has 0 aliphatic rings. The van der Waals surface area contributed by atoms with Gasteiger partial charge in [0.05, 0.1) is 21.8 Å². The van der Waals surface area contributed by atoms with E-state index in [4.69, 9.17) is 14.9 Å². The zero-order valence-corrected chi connectivity index (χ0v) is 27.6. The monoisotopic (exact) mass is 682 g/mol. The summed E-state index contributed by atoms with van der Waals surface area (Å²) < 4.78 is 99.7. The molecule has 10 nitrogen and oxygen atoms in total. The zero-order chi connectivity index (χ0) is 34.4. The predicted octanol–water partition coefficient (Wildman–Crippen LogP) is 5.61. The molecule has 0 saturated heterocycles. The lowest BCUT2D eigenvalue weighted by atomic mass is 9.97. The molecule has 0 fully saturated rings. The maximum atomic E-state index is 16.1. The number of sulfonamides is 1. The maximum absolute atomic E-state index is 16.1. The first-order valence-electron chi connectivity index (χ1n) is 13.8. The van der Waals surface area contributed by atoms with Gasteiger partial charge < -0.3 is 20.1 Å². The summed E-state index contributed by atoms with van der Waals surface area (Å²) in [5.41, 5.74) is -3.69. The van der Waals surface area contributed by atoms with Gasteiger partial charge in [-0.3, -0.25) is 19.7 Å². The highest BCUT2D eigenvalue weighted by molar-refractivity contribution is 7.92. The first kappa shape index (κ1) is 36.2. The molecule has 0 aromatic heterocycles. The molecule has 4 N–H and O–H groups in total. The van der Waals surface area contributed by atoms with E-state index in [-0.39, 0.29) is 17.9 Å². The molecule has 248 valence electrons. The fourth-order valence-corrected chi connectivity index (χ4v) is 5.99. The predicted molar refractivity (Wildman–Crippen MR) is 168 cm³/mol. The van der Waals surface area contributed by atoms with Crippen molar-refractivity contribution < 1.29 is 45.0 Å². The number of hydrogen-bond donors (Lipinski definition) is 4. The number of nitrogens with one attached hydrogen (secondary N) is 4. The van der Waals surface area contributed by atoms with Crippen molar-refractivity contribution >= 4 is 47.1 Å². The van der Waals surface area contributed by atoms with Crippen molar-refractivity contribution in [1.29, 1.82) is 5.41 Å². The number of carbonyl (C=O) groups excluding carboxylic acids is 2. The van der Waals surface area contributed by atoms with E-state index < -0.39 is 93.0 Å².